The van der Waals surface area contributed by atoms with Crippen LogP contribution in [0.5, 0.6) is 0 Å². The van der Waals surface area contributed by atoms with E-state index >= 15 is 0 Å². The fourth-order valence-corrected chi connectivity index (χ4v) is 2.49. The Kier molecular flexibility index (Phi) is 5.25. The van der Waals surface area contributed by atoms with Crippen LogP contribution in [0.25, 0.3) is 0 Å². The van der Waals surface area contributed by atoms with Gasteiger partial charge in [0.05, 0.1) is 12.0 Å². The van der Waals surface area contributed by atoms with Gasteiger partial charge in [-0.1, -0.05) is 29.8 Å². The van der Waals surface area contributed by atoms with Crippen molar-refractivity contribution in [3.05, 3.63) is 0 Å². The van der Waals surface area contributed by atoms with Gasteiger partial charge in [0.1, 0.15) is 0 Å². The van der Waals surface area contributed by atoms with Crippen molar-refractivity contribution in [1.82, 2.24) is 5.32 Å². The van der Waals surface area contributed by atoms with Crippen molar-refractivity contribution in [1.29, 1.82) is 0 Å². The molecule has 0 aromatic rings. The van der Waals surface area contributed by atoms with Crippen LogP contribution in [0.2, 0.25) is 0 Å². The number of ether oxygens (including phenoxy) is 1. The molecule has 1 fully saturated rings. The molecule has 1 aliphatic heterocycles. The van der Waals surface area contributed by atoms with Crippen molar-refractivity contribution in [2.45, 2.75) is 51.7 Å². The number of hydrogen-bond acceptors (Lipinski definition) is 2. The predicted molar refractivity (Wildman–Crippen MR) is 68.8 cm³/mol. The van der Waals surface area contributed by atoms with Crippen molar-refractivity contribution in [3.63, 3.8) is 0 Å². The Bertz CT molecular complexity index is 241. The summed E-state index contributed by atoms with van der Waals surface area (Å²) in [5, 5.41) is 3.92. The molecule has 0 spiro atoms. The van der Waals surface area contributed by atoms with Gasteiger partial charge in [-0.05, 0) is 26.2 Å². The van der Waals surface area contributed by atoms with Gasteiger partial charge in [0, 0.05) is 17.5 Å². The van der Waals surface area contributed by atoms with Crippen molar-refractivity contribution in [3.8, 4) is 0 Å². The van der Waals surface area contributed by atoms with E-state index < -0.39 is 0 Å². The molecule has 1 saturated heterocycles. The highest BCUT2D eigenvalue weighted by molar-refractivity contribution is 9.09. The molecule has 3 atom stereocenters. The third-order valence-corrected chi connectivity index (χ3v) is 4.69. The molecule has 0 bridgehead atoms. The van der Waals surface area contributed by atoms with Gasteiger partial charge in [-0.15, -0.1) is 0 Å². The van der Waals surface area contributed by atoms with Gasteiger partial charge in [-0.3, -0.25) is 4.79 Å². The predicted octanol–water partition coefficient (Wildman–Crippen LogP) is 2.48. The Morgan fingerprint density at radius 1 is 1.56 bits per heavy atom. The summed E-state index contributed by atoms with van der Waals surface area (Å²) >= 11 is 3.46. The second-order valence-electron chi connectivity index (χ2n) is 4.75. The van der Waals surface area contributed by atoms with Gasteiger partial charge in [0.15, 0.2) is 0 Å². The molecule has 3 nitrogen and oxygen atoms in total. The molecular formula is C12H22BrNO2. The molecule has 1 amide bonds. The molecule has 0 saturated carbocycles. The zero-order valence-corrected chi connectivity index (χ0v) is 12.0. The Balaban J connectivity index is 2.57. The molecular weight excluding hydrogens is 270 g/mol. The molecule has 0 aromatic heterocycles. The fraction of sp³-hybridized carbons (Fsp3) is 0.917. The molecule has 3 unspecified atom stereocenters. The molecule has 0 aromatic carbocycles. The van der Waals surface area contributed by atoms with Crippen LogP contribution in [-0.4, -0.2) is 29.5 Å². The Hall–Kier alpha value is -0.0900. The highest BCUT2D eigenvalue weighted by atomic mass is 79.9. The molecule has 1 heterocycles. The minimum Gasteiger partial charge on any atom is -0.377 e. The molecule has 1 N–H and O–H groups in total. The first-order chi connectivity index (χ1) is 7.56. The van der Waals surface area contributed by atoms with Gasteiger partial charge < -0.3 is 10.1 Å². The highest BCUT2D eigenvalue weighted by Crippen LogP contribution is 2.25. The van der Waals surface area contributed by atoms with Crippen LogP contribution in [-0.2, 0) is 9.53 Å². The largest absolute Gasteiger partial charge is 0.377 e. The van der Waals surface area contributed by atoms with Crippen molar-refractivity contribution in [2.24, 2.45) is 5.92 Å². The van der Waals surface area contributed by atoms with E-state index in [0.717, 1.165) is 24.6 Å². The molecule has 0 radical (unpaired) electrons. The summed E-state index contributed by atoms with van der Waals surface area (Å²) in [5.41, 5.74) is -0.141. The third-order valence-electron chi connectivity index (χ3n) is 3.45. The number of carbonyl (C=O) groups excluding carboxylic acids is 1. The molecule has 1 rings (SSSR count). The van der Waals surface area contributed by atoms with E-state index in [1.54, 1.807) is 0 Å². The lowest BCUT2D eigenvalue weighted by Gasteiger charge is -2.29. The summed E-state index contributed by atoms with van der Waals surface area (Å²) in [4.78, 5) is 12.1. The zero-order valence-electron chi connectivity index (χ0n) is 10.4. The second kappa shape index (κ2) is 6.01. The van der Waals surface area contributed by atoms with E-state index in [1.165, 1.54) is 0 Å². The summed E-state index contributed by atoms with van der Waals surface area (Å²) in [7, 11) is 0. The summed E-state index contributed by atoms with van der Waals surface area (Å²) in [6.45, 7) is 6.94. The van der Waals surface area contributed by atoms with Crippen molar-refractivity contribution in [2.75, 3.05) is 11.9 Å². The fourth-order valence-electron chi connectivity index (χ4n) is 1.96. The Labute approximate surface area is 106 Å². The van der Waals surface area contributed by atoms with E-state index in [2.05, 4.69) is 42.0 Å². The van der Waals surface area contributed by atoms with E-state index in [4.69, 9.17) is 4.74 Å². The van der Waals surface area contributed by atoms with Crippen molar-refractivity contribution < 1.29 is 9.53 Å². The van der Waals surface area contributed by atoms with Crippen LogP contribution < -0.4 is 5.32 Å². The monoisotopic (exact) mass is 291 g/mol. The number of carbonyl (C=O) groups is 1. The number of amides is 1. The average molecular weight is 292 g/mol. The summed E-state index contributed by atoms with van der Waals surface area (Å²) in [5.74, 6) is 0.183. The lowest BCUT2D eigenvalue weighted by molar-refractivity contribution is -0.128. The first kappa shape index (κ1) is 14.0. The first-order valence-electron chi connectivity index (χ1n) is 6.06. The first-order valence-corrected chi connectivity index (χ1v) is 7.18. The zero-order chi connectivity index (χ0) is 12.2. The Morgan fingerprint density at radius 2 is 2.25 bits per heavy atom. The van der Waals surface area contributed by atoms with Gasteiger partial charge in [-0.2, -0.15) is 0 Å². The average Bonchev–Trinajstić information content (AvgIpc) is 2.76. The van der Waals surface area contributed by atoms with Crippen LogP contribution in [0, 0.1) is 5.92 Å². The van der Waals surface area contributed by atoms with Crippen LogP contribution in [0.3, 0.4) is 0 Å². The molecule has 94 valence electrons. The van der Waals surface area contributed by atoms with E-state index in [0.29, 0.717) is 6.61 Å². The number of rotatable bonds is 5. The van der Waals surface area contributed by atoms with Gasteiger partial charge in [0.2, 0.25) is 5.91 Å². The maximum Gasteiger partial charge on any atom is 0.226 e. The SMILES string of the molecule is CCC1OCCC1C(=O)NC(C)(CC)CBr. The number of nitrogens with one attached hydrogen (secondary N) is 1. The summed E-state index contributed by atoms with van der Waals surface area (Å²) in [6.07, 6.45) is 2.80. The van der Waals surface area contributed by atoms with E-state index in [1.807, 2.05) is 0 Å². The molecule has 16 heavy (non-hydrogen) atoms. The van der Waals surface area contributed by atoms with E-state index in [-0.39, 0.29) is 23.5 Å². The number of hydrogen-bond donors (Lipinski definition) is 1. The van der Waals surface area contributed by atoms with Crippen LogP contribution in [0.15, 0.2) is 0 Å². The van der Waals surface area contributed by atoms with Gasteiger partial charge >= 0.3 is 0 Å². The normalized spacial score (nSPS) is 28.8. The van der Waals surface area contributed by atoms with Crippen LogP contribution >= 0.6 is 15.9 Å². The molecule has 1 aliphatic rings. The molecule has 4 heteroatoms. The second-order valence-corrected chi connectivity index (χ2v) is 5.31. The standard InChI is InChI=1S/C12H22BrNO2/c1-4-10-9(6-7-16-10)11(15)14-12(3,5-2)8-13/h9-10H,4-8H2,1-3H3,(H,14,15). The maximum absolute atomic E-state index is 12.1. The van der Waals surface area contributed by atoms with Crippen LogP contribution in [0.4, 0.5) is 0 Å². The molecule has 0 aliphatic carbocycles. The number of halogens is 1. The lowest BCUT2D eigenvalue weighted by atomic mass is 9.95. The number of alkyl halides is 1. The summed E-state index contributed by atoms with van der Waals surface area (Å²) in [6, 6.07) is 0. The smallest absolute Gasteiger partial charge is 0.226 e. The minimum absolute atomic E-state index is 0.0370. The van der Waals surface area contributed by atoms with Gasteiger partial charge in [0.25, 0.3) is 0 Å². The third kappa shape index (κ3) is 3.20. The Morgan fingerprint density at radius 3 is 2.75 bits per heavy atom. The lowest BCUT2D eigenvalue weighted by Crippen LogP contribution is -2.50. The quantitative estimate of drug-likeness (QED) is 0.791. The summed E-state index contributed by atoms with van der Waals surface area (Å²) < 4.78 is 5.55. The van der Waals surface area contributed by atoms with Gasteiger partial charge in [-0.25, -0.2) is 0 Å². The maximum atomic E-state index is 12.1. The minimum atomic E-state index is -0.141. The van der Waals surface area contributed by atoms with E-state index in [9.17, 15) is 4.79 Å². The topological polar surface area (TPSA) is 38.3 Å². The van der Waals surface area contributed by atoms with Crippen molar-refractivity contribution >= 4 is 21.8 Å². The van der Waals surface area contributed by atoms with Crippen LogP contribution in [0.1, 0.15) is 40.0 Å². The highest BCUT2D eigenvalue weighted by Gasteiger charge is 2.35.